The van der Waals surface area contributed by atoms with Crippen LogP contribution in [-0.4, -0.2) is 10.2 Å². The summed E-state index contributed by atoms with van der Waals surface area (Å²) in [7, 11) is 0. The Morgan fingerprint density at radius 2 is 2.56 bits per heavy atom. The minimum atomic E-state index is 0.680. The van der Waals surface area contributed by atoms with E-state index >= 15 is 0 Å². The zero-order valence-corrected chi connectivity index (χ0v) is 6.55. The zero-order valence-electron chi connectivity index (χ0n) is 4.39. The van der Waals surface area contributed by atoms with Gasteiger partial charge in [0, 0.05) is 0 Å². The SMILES string of the molecule is Ic1[nH]nc2occc12. The molecule has 0 fully saturated rings. The third kappa shape index (κ3) is 0.658. The van der Waals surface area contributed by atoms with Crippen molar-refractivity contribution in [1.82, 2.24) is 10.2 Å². The quantitative estimate of drug-likeness (QED) is 0.705. The number of rotatable bonds is 0. The number of aromatic amines is 1. The van der Waals surface area contributed by atoms with Gasteiger partial charge in [0.25, 0.3) is 0 Å². The number of aromatic nitrogens is 2. The first kappa shape index (κ1) is 5.28. The topological polar surface area (TPSA) is 41.8 Å². The largest absolute Gasteiger partial charge is 0.445 e. The molecule has 0 aliphatic rings. The Morgan fingerprint density at radius 1 is 1.67 bits per heavy atom. The number of furan rings is 1. The molecule has 0 atom stereocenters. The molecule has 4 heteroatoms. The molecule has 46 valence electrons. The summed E-state index contributed by atoms with van der Waals surface area (Å²) in [6, 6.07) is 1.89. The molecule has 0 aliphatic heterocycles. The van der Waals surface area contributed by atoms with Crippen molar-refractivity contribution in [3.8, 4) is 0 Å². The minimum absolute atomic E-state index is 0.680. The highest BCUT2D eigenvalue weighted by molar-refractivity contribution is 14.1. The van der Waals surface area contributed by atoms with Crippen LogP contribution in [0.4, 0.5) is 0 Å². The minimum Gasteiger partial charge on any atom is -0.445 e. The highest BCUT2D eigenvalue weighted by Crippen LogP contribution is 2.17. The predicted octanol–water partition coefficient (Wildman–Crippen LogP) is 1.76. The van der Waals surface area contributed by atoms with Crippen LogP contribution < -0.4 is 0 Å². The molecule has 3 nitrogen and oxygen atoms in total. The van der Waals surface area contributed by atoms with Crippen LogP contribution in [0.5, 0.6) is 0 Å². The molecule has 1 N–H and O–H groups in total. The van der Waals surface area contributed by atoms with Gasteiger partial charge in [-0.3, -0.25) is 5.10 Å². The maximum atomic E-state index is 4.99. The van der Waals surface area contributed by atoms with E-state index in [1.54, 1.807) is 6.26 Å². The lowest BCUT2D eigenvalue weighted by Crippen LogP contribution is -1.66. The van der Waals surface area contributed by atoms with Crippen molar-refractivity contribution >= 4 is 33.7 Å². The Labute approximate surface area is 64.6 Å². The molecule has 0 radical (unpaired) electrons. The number of halogens is 1. The lowest BCUT2D eigenvalue weighted by atomic mass is 10.5. The fourth-order valence-electron chi connectivity index (χ4n) is 0.715. The average Bonchev–Trinajstić information content (AvgIpc) is 2.35. The Bertz CT molecular complexity index is 324. The fraction of sp³-hybridized carbons (Fsp3) is 0. The number of hydrogen-bond acceptors (Lipinski definition) is 2. The van der Waals surface area contributed by atoms with E-state index in [0.717, 1.165) is 9.09 Å². The van der Waals surface area contributed by atoms with E-state index in [0.29, 0.717) is 5.71 Å². The van der Waals surface area contributed by atoms with Crippen LogP contribution in [0, 0.1) is 3.70 Å². The first-order chi connectivity index (χ1) is 4.38. The summed E-state index contributed by atoms with van der Waals surface area (Å²) in [6.45, 7) is 0. The van der Waals surface area contributed by atoms with Gasteiger partial charge in [-0.25, -0.2) is 0 Å². The standard InChI is InChI=1S/C5H3IN2O/c6-4-3-1-2-9-5(3)8-7-4/h1-2H,(H,7,8). The number of fused-ring (bicyclic) bond motifs is 1. The van der Waals surface area contributed by atoms with Crippen molar-refractivity contribution in [3.05, 3.63) is 16.0 Å². The lowest BCUT2D eigenvalue weighted by Gasteiger charge is -1.71. The lowest BCUT2D eigenvalue weighted by molar-refractivity contribution is 0.599. The van der Waals surface area contributed by atoms with Crippen molar-refractivity contribution in [2.75, 3.05) is 0 Å². The molecule has 0 bridgehead atoms. The van der Waals surface area contributed by atoms with E-state index in [1.165, 1.54) is 0 Å². The molecule has 9 heavy (non-hydrogen) atoms. The van der Waals surface area contributed by atoms with E-state index in [9.17, 15) is 0 Å². The van der Waals surface area contributed by atoms with E-state index in [4.69, 9.17) is 4.42 Å². The molecule has 0 spiro atoms. The van der Waals surface area contributed by atoms with Crippen LogP contribution >= 0.6 is 22.6 Å². The van der Waals surface area contributed by atoms with Gasteiger partial charge in [0.2, 0.25) is 5.71 Å². The van der Waals surface area contributed by atoms with Gasteiger partial charge in [-0.1, -0.05) is 0 Å². The third-order valence-corrected chi connectivity index (χ3v) is 1.96. The van der Waals surface area contributed by atoms with Gasteiger partial charge < -0.3 is 4.42 Å². The average molecular weight is 234 g/mol. The molecule has 2 aromatic heterocycles. The Morgan fingerprint density at radius 3 is 3.33 bits per heavy atom. The second-order valence-electron chi connectivity index (χ2n) is 1.68. The molecule has 2 heterocycles. The van der Waals surface area contributed by atoms with Crippen LogP contribution in [-0.2, 0) is 0 Å². The number of hydrogen-bond donors (Lipinski definition) is 1. The smallest absolute Gasteiger partial charge is 0.245 e. The molecule has 0 aromatic carbocycles. The zero-order chi connectivity index (χ0) is 6.27. The summed E-state index contributed by atoms with van der Waals surface area (Å²) < 4.78 is 6.02. The number of nitrogens with zero attached hydrogens (tertiary/aromatic N) is 1. The molecular weight excluding hydrogens is 231 g/mol. The van der Waals surface area contributed by atoms with E-state index in [2.05, 4.69) is 32.8 Å². The van der Waals surface area contributed by atoms with Crippen LogP contribution in [0.25, 0.3) is 11.1 Å². The monoisotopic (exact) mass is 234 g/mol. The second kappa shape index (κ2) is 1.73. The first-order valence-corrected chi connectivity index (χ1v) is 3.53. The van der Waals surface area contributed by atoms with Gasteiger partial charge in [0.15, 0.2) is 0 Å². The van der Waals surface area contributed by atoms with Crippen molar-refractivity contribution in [1.29, 1.82) is 0 Å². The molecular formula is C5H3IN2O. The van der Waals surface area contributed by atoms with E-state index in [1.807, 2.05) is 6.07 Å². The fourth-order valence-corrected chi connectivity index (χ4v) is 1.25. The number of H-pyrrole nitrogens is 1. The summed E-state index contributed by atoms with van der Waals surface area (Å²) in [5.74, 6) is 0. The van der Waals surface area contributed by atoms with Crippen molar-refractivity contribution in [2.45, 2.75) is 0 Å². The molecule has 0 aliphatic carbocycles. The molecule has 2 aromatic rings. The molecule has 0 unspecified atom stereocenters. The summed E-state index contributed by atoms with van der Waals surface area (Å²) >= 11 is 2.17. The van der Waals surface area contributed by atoms with Gasteiger partial charge in [0.05, 0.1) is 11.6 Å². The molecule has 2 rings (SSSR count). The van der Waals surface area contributed by atoms with Crippen LogP contribution in [0.1, 0.15) is 0 Å². The Hall–Kier alpha value is -0.520. The maximum absolute atomic E-state index is 4.99. The summed E-state index contributed by atoms with van der Waals surface area (Å²) in [5, 5.41) is 7.73. The first-order valence-electron chi connectivity index (χ1n) is 2.45. The Balaban J connectivity index is 2.99. The van der Waals surface area contributed by atoms with Gasteiger partial charge in [-0.2, -0.15) is 0 Å². The molecule has 0 amide bonds. The third-order valence-electron chi connectivity index (χ3n) is 1.14. The van der Waals surface area contributed by atoms with Gasteiger partial charge in [-0.05, 0) is 28.7 Å². The normalized spacial score (nSPS) is 10.8. The highest BCUT2D eigenvalue weighted by atomic mass is 127. The summed E-state index contributed by atoms with van der Waals surface area (Å²) in [4.78, 5) is 0. The van der Waals surface area contributed by atoms with Crippen LogP contribution in [0.15, 0.2) is 16.7 Å². The van der Waals surface area contributed by atoms with Gasteiger partial charge >= 0.3 is 0 Å². The highest BCUT2D eigenvalue weighted by Gasteiger charge is 2.02. The van der Waals surface area contributed by atoms with Crippen molar-refractivity contribution < 1.29 is 4.42 Å². The van der Waals surface area contributed by atoms with Gasteiger partial charge in [-0.15, -0.1) is 5.10 Å². The molecule has 0 saturated carbocycles. The van der Waals surface area contributed by atoms with Crippen molar-refractivity contribution in [3.63, 3.8) is 0 Å². The van der Waals surface area contributed by atoms with Crippen molar-refractivity contribution in [2.24, 2.45) is 0 Å². The summed E-state index contributed by atoms with van der Waals surface area (Å²) in [6.07, 6.45) is 1.63. The Kier molecular flexibility index (Phi) is 1.01. The van der Waals surface area contributed by atoms with E-state index in [-0.39, 0.29) is 0 Å². The predicted molar refractivity (Wildman–Crippen MR) is 41.1 cm³/mol. The van der Waals surface area contributed by atoms with Crippen LogP contribution in [0.2, 0.25) is 0 Å². The van der Waals surface area contributed by atoms with E-state index < -0.39 is 0 Å². The maximum Gasteiger partial charge on any atom is 0.245 e. The van der Waals surface area contributed by atoms with Gasteiger partial charge in [0.1, 0.15) is 3.70 Å². The van der Waals surface area contributed by atoms with Crippen LogP contribution in [0.3, 0.4) is 0 Å². The second-order valence-corrected chi connectivity index (χ2v) is 2.76. The summed E-state index contributed by atoms with van der Waals surface area (Å²) in [5.41, 5.74) is 0.680. The number of nitrogens with one attached hydrogen (secondary N) is 1. The molecule has 0 saturated heterocycles.